The number of fused-ring (bicyclic) bond motifs is 1. The number of nitrogens with one attached hydrogen (secondary N) is 2. The van der Waals surface area contributed by atoms with Crippen molar-refractivity contribution in [2.24, 2.45) is 13.0 Å². The molecule has 0 fully saturated rings. The SMILES string of the molecule is Cn1cc(-c2cc3c(NCCNc4ncc([C@](C)(O)C5CC=CC=C5F)cn4)ncnn3c2)cn1. The van der Waals surface area contributed by atoms with Gasteiger partial charge in [0.15, 0.2) is 5.82 Å². The van der Waals surface area contributed by atoms with Gasteiger partial charge in [0.2, 0.25) is 5.95 Å². The van der Waals surface area contributed by atoms with Gasteiger partial charge in [-0.15, -0.1) is 0 Å². The number of anilines is 2. The first-order valence-corrected chi connectivity index (χ1v) is 11.3. The van der Waals surface area contributed by atoms with E-state index in [0.717, 1.165) is 16.6 Å². The van der Waals surface area contributed by atoms with E-state index in [0.29, 0.717) is 36.8 Å². The summed E-state index contributed by atoms with van der Waals surface area (Å²) >= 11 is 0. The van der Waals surface area contributed by atoms with Gasteiger partial charge in [-0.05, 0) is 25.5 Å². The maximum atomic E-state index is 14.2. The normalized spacial score (nSPS) is 17.3. The molecule has 4 aromatic rings. The lowest BCUT2D eigenvalue weighted by atomic mass is 9.79. The highest BCUT2D eigenvalue weighted by Gasteiger charge is 2.37. The quantitative estimate of drug-likeness (QED) is 0.333. The van der Waals surface area contributed by atoms with E-state index in [1.54, 1.807) is 22.2 Å². The highest BCUT2D eigenvalue weighted by atomic mass is 19.1. The lowest BCUT2D eigenvalue weighted by molar-refractivity contribution is 0.000729. The fourth-order valence-corrected chi connectivity index (χ4v) is 4.13. The van der Waals surface area contributed by atoms with Crippen molar-refractivity contribution in [1.29, 1.82) is 0 Å². The van der Waals surface area contributed by atoms with Gasteiger partial charge in [-0.25, -0.2) is 23.9 Å². The van der Waals surface area contributed by atoms with Crippen LogP contribution in [0.2, 0.25) is 0 Å². The summed E-state index contributed by atoms with van der Waals surface area (Å²) in [4.78, 5) is 12.9. The second kappa shape index (κ2) is 9.26. The molecule has 0 amide bonds. The summed E-state index contributed by atoms with van der Waals surface area (Å²) in [6, 6.07) is 2.01. The van der Waals surface area contributed by atoms with Crippen molar-refractivity contribution in [2.75, 3.05) is 23.7 Å². The van der Waals surface area contributed by atoms with Gasteiger partial charge in [0.1, 0.15) is 17.7 Å². The smallest absolute Gasteiger partial charge is 0.222 e. The number of aromatic nitrogens is 7. The second-order valence-corrected chi connectivity index (χ2v) is 8.63. The van der Waals surface area contributed by atoms with Crippen LogP contribution in [0.5, 0.6) is 0 Å². The van der Waals surface area contributed by atoms with Crippen molar-refractivity contribution in [3.8, 4) is 11.1 Å². The van der Waals surface area contributed by atoms with Crippen LogP contribution in [-0.4, -0.2) is 52.5 Å². The molecule has 10 nitrogen and oxygen atoms in total. The third kappa shape index (κ3) is 4.62. The van der Waals surface area contributed by atoms with Gasteiger partial charge in [-0.3, -0.25) is 4.68 Å². The van der Waals surface area contributed by atoms with Crippen LogP contribution in [0.4, 0.5) is 16.2 Å². The van der Waals surface area contributed by atoms with Crippen LogP contribution in [0.3, 0.4) is 0 Å². The number of hydrogen-bond donors (Lipinski definition) is 3. The summed E-state index contributed by atoms with van der Waals surface area (Å²) in [6.45, 7) is 2.68. The molecule has 11 heteroatoms. The summed E-state index contributed by atoms with van der Waals surface area (Å²) < 4.78 is 17.7. The predicted molar refractivity (Wildman–Crippen MR) is 130 cm³/mol. The Morgan fingerprint density at radius 3 is 2.63 bits per heavy atom. The Balaban J connectivity index is 1.19. The third-order valence-electron chi connectivity index (χ3n) is 6.16. The van der Waals surface area contributed by atoms with E-state index < -0.39 is 11.5 Å². The van der Waals surface area contributed by atoms with Crippen LogP contribution < -0.4 is 10.6 Å². The molecule has 0 bridgehead atoms. The highest BCUT2D eigenvalue weighted by molar-refractivity contribution is 5.76. The Labute approximate surface area is 201 Å². The molecule has 2 atom stereocenters. The van der Waals surface area contributed by atoms with Crippen LogP contribution >= 0.6 is 0 Å². The second-order valence-electron chi connectivity index (χ2n) is 8.63. The zero-order valence-electron chi connectivity index (χ0n) is 19.4. The van der Waals surface area contributed by atoms with E-state index >= 15 is 0 Å². The van der Waals surface area contributed by atoms with E-state index in [2.05, 4.69) is 35.8 Å². The minimum absolute atomic E-state index is 0.347. The zero-order valence-corrected chi connectivity index (χ0v) is 19.4. The predicted octanol–water partition coefficient (Wildman–Crippen LogP) is 3.08. The van der Waals surface area contributed by atoms with Crippen molar-refractivity contribution in [3.63, 3.8) is 0 Å². The molecule has 35 heavy (non-hydrogen) atoms. The summed E-state index contributed by atoms with van der Waals surface area (Å²) in [6.07, 6.45) is 15.6. The largest absolute Gasteiger partial charge is 0.385 e. The molecule has 1 aliphatic rings. The molecule has 5 rings (SSSR count). The molecule has 1 aliphatic carbocycles. The van der Waals surface area contributed by atoms with Crippen molar-refractivity contribution in [2.45, 2.75) is 18.9 Å². The topological polar surface area (TPSA) is 118 Å². The molecular weight excluding hydrogens is 449 g/mol. The standard InChI is InChI=1S/C24H26FN9O/c1-24(35,19-5-3-4-6-20(19)25)18-11-28-23(29-12-18)27-8-7-26-22-21-9-16(14-34(21)32-15-30-22)17-10-31-33(2)13-17/h3-4,6,9-15,19,35H,5,7-8H2,1-2H3,(H,26,30,32)(H,27,28,29)/t19?,24-/m0/s1. The first kappa shape index (κ1) is 22.7. The molecule has 3 N–H and O–H groups in total. The minimum atomic E-state index is -1.41. The maximum absolute atomic E-state index is 14.2. The Morgan fingerprint density at radius 2 is 1.89 bits per heavy atom. The lowest BCUT2D eigenvalue weighted by Gasteiger charge is -2.32. The Hall–Kier alpha value is -4.12. The van der Waals surface area contributed by atoms with Crippen molar-refractivity contribution in [1.82, 2.24) is 34.3 Å². The number of allylic oxidation sites excluding steroid dienone is 3. The summed E-state index contributed by atoms with van der Waals surface area (Å²) in [5, 5.41) is 25.9. The maximum Gasteiger partial charge on any atom is 0.222 e. The molecule has 1 unspecified atom stereocenters. The average Bonchev–Trinajstić information content (AvgIpc) is 3.49. The molecule has 4 heterocycles. The first-order chi connectivity index (χ1) is 16.9. The number of hydrogen-bond acceptors (Lipinski definition) is 8. The molecule has 0 spiro atoms. The Kier molecular flexibility index (Phi) is 6.00. The molecule has 0 aromatic carbocycles. The van der Waals surface area contributed by atoms with Gasteiger partial charge < -0.3 is 15.7 Å². The fraction of sp³-hybridized carbons (Fsp3) is 0.292. The number of aliphatic hydroxyl groups is 1. The lowest BCUT2D eigenvalue weighted by Crippen LogP contribution is -2.33. The summed E-state index contributed by atoms with van der Waals surface area (Å²) in [5.41, 5.74) is 1.92. The van der Waals surface area contributed by atoms with Gasteiger partial charge in [-0.2, -0.15) is 10.2 Å². The van der Waals surface area contributed by atoms with Crippen molar-refractivity contribution < 1.29 is 9.50 Å². The molecule has 4 aromatic heterocycles. The fourth-order valence-electron chi connectivity index (χ4n) is 4.13. The molecule has 0 saturated heterocycles. The van der Waals surface area contributed by atoms with E-state index in [-0.39, 0.29) is 5.83 Å². The Morgan fingerprint density at radius 1 is 1.09 bits per heavy atom. The van der Waals surface area contributed by atoms with Gasteiger partial charge in [0.25, 0.3) is 0 Å². The van der Waals surface area contributed by atoms with E-state index in [4.69, 9.17) is 0 Å². The minimum Gasteiger partial charge on any atom is -0.385 e. The van der Waals surface area contributed by atoms with Crippen LogP contribution in [0, 0.1) is 5.92 Å². The van der Waals surface area contributed by atoms with E-state index in [9.17, 15) is 9.50 Å². The van der Waals surface area contributed by atoms with Crippen LogP contribution in [-0.2, 0) is 12.6 Å². The average molecular weight is 476 g/mol. The summed E-state index contributed by atoms with van der Waals surface area (Å²) in [7, 11) is 1.88. The van der Waals surface area contributed by atoms with Crippen LogP contribution in [0.15, 0.2) is 67.4 Å². The van der Waals surface area contributed by atoms with Gasteiger partial charge in [-0.1, -0.05) is 12.2 Å². The zero-order chi connectivity index (χ0) is 24.4. The van der Waals surface area contributed by atoms with Crippen LogP contribution in [0.25, 0.3) is 16.6 Å². The summed E-state index contributed by atoms with van der Waals surface area (Å²) in [5.74, 6) is 0.123. The third-order valence-corrected chi connectivity index (χ3v) is 6.16. The molecule has 0 aliphatic heterocycles. The van der Waals surface area contributed by atoms with E-state index in [1.165, 1.54) is 24.8 Å². The molecular formula is C24H26FN9O. The van der Waals surface area contributed by atoms with Crippen LogP contribution in [0.1, 0.15) is 18.9 Å². The number of aryl methyl sites for hydroxylation is 1. The number of rotatable bonds is 8. The highest BCUT2D eigenvalue weighted by Crippen LogP contribution is 2.38. The molecule has 0 radical (unpaired) electrons. The Bertz CT molecular complexity index is 1390. The van der Waals surface area contributed by atoms with Gasteiger partial charge >= 0.3 is 0 Å². The van der Waals surface area contributed by atoms with Gasteiger partial charge in [0.05, 0.1) is 11.8 Å². The first-order valence-electron chi connectivity index (χ1n) is 11.3. The molecule has 180 valence electrons. The monoisotopic (exact) mass is 475 g/mol. The van der Waals surface area contributed by atoms with Gasteiger partial charge in [0, 0.05) is 67.5 Å². The van der Waals surface area contributed by atoms with Crippen molar-refractivity contribution in [3.05, 3.63) is 73.0 Å². The van der Waals surface area contributed by atoms with Crippen molar-refractivity contribution >= 4 is 17.3 Å². The van der Waals surface area contributed by atoms with E-state index in [1.807, 2.05) is 37.8 Å². The number of nitrogens with zero attached hydrogens (tertiary/aromatic N) is 7. The number of halogens is 1. The molecule has 0 saturated carbocycles.